The second kappa shape index (κ2) is 10.7. The molecule has 2 aromatic rings. The molecule has 2 heterocycles. The Balaban J connectivity index is 1.59. The van der Waals surface area contributed by atoms with Gasteiger partial charge in [-0.2, -0.15) is 0 Å². The van der Waals surface area contributed by atoms with Crippen LogP contribution in [0.15, 0.2) is 53.5 Å². The first-order valence-electron chi connectivity index (χ1n) is 12.1. The number of amides is 1. The second-order valence-electron chi connectivity index (χ2n) is 9.16. The zero-order valence-electron chi connectivity index (χ0n) is 20.1. The van der Waals surface area contributed by atoms with Crippen molar-refractivity contribution >= 4 is 17.8 Å². The first-order chi connectivity index (χ1) is 16.5. The normalized spacial score (nSPS) is 19.8. The van der Waals surface area contributed by atoms with Crippen LogP contribution in [0.25, 0.3) is 0 Å². The standard InChI is InChI=1S/C27H33N3O4/c1-4-33-26(32)23-24(20-9-11-22(12-10-20)34-16-14-18(2)3)28-27(29-25(23)31)30-15-13-19-7-5-6-8-21(19)17-30/h5-12,18,23-24H,4,13-17H2,1-3H3,(H,28,29,31)/t23-,24+/m0/s1. The number of hydrogen-bond acceptors (Lipinski definition) is 6. The molecule has 2 atom stereocenters. The summed E-state index contributed by atoms with van der Waals surface area (Å²) in [6.45, 7) is 8.31. The minimum atomic E-state index is -1.03. The molecular weight excluding hydrogens is 430 g/mol. The Morgan fingerprint density at radius 3 is 2.59 bits per heavy atom. The van der Waals surface area contributed by atoms with Crippen molar-refractivity contribution in [3.8, 4) is 5.75 Å². The third-order valence-electron chi connectivity index (χ3n) is 6.25. The molecule has 0 spiro atoms. The van der Waals surface area contributed by atoms with Crippen LogP contribution in [0.5, 0.6) is 5.75 Å². The Morgan fingerprint density at radius 1 is 1.15 bits per heavy atom. The Bertz CT molecular complexity index is 1050. The number of rotatable bonds is 7. The SMILES string of the molecule is CCOC(=O)[C@@H]1C(=O)NC(N2CCc3ccccc3C2)=N[C@@H]1c1ccc(OCCC(C)C)cc1. The molecule has 1 amide bonds. The first-order valence-corrected chi connectivity index (χ1v) is 12.1. The molecule has 0 radical (unpaired) electrons. The number of carbonyl (C=O) groups excluding carboxylic acids is 2. The minimum absolute atomic E-state index is 0.206. The smallest absolute Gasteiger partial charge is 0.321 e. The van der Waals surface area contributed by atoms with Crippen molar-refractivity contribution in [1.82, 2.24) is 10.2 Å². The van der Waals surface area contributed by atoms with Crippen LogP contribution in [-0.2, 0) is 27.3 Å². The summed E-state index contributed by atoms with van der Waals surface area (Å²) in [5, 5.41) is 2.87. The maximum atomic E-state index is 13.1. The van der Waals surface area contributed by atoms with Crippen LogP contribution in [0.4, 0.5) is 0 Å². The highest BCUT2D eigenvalue weighted by Crippen LogP contribution is 2.32. The largest absolute Gasteiger partial charge is 0.494 e. The Labute approximate surface area is 201 Å². The monoisotopic (exact) mass is 463 g/mol. The number of nitrogens with one attached hydrogen (secondary N) is 1. The summed E-state index contributed by atoms with van der Waals surface area (Å²) in [6, 6.07) is 15.2. The lowest BCUT2D eigenvalue weighted by molar-refractivity contribution is -0.153. The van der Waals surface area contributed by atoms with Crippen LogP contribution >= 0.6 is 0 Å². The van der Waals surface area contributed by atoms with E-state index in [1.54, 1.807) is 6.92 Å². The van der Waals surface area contributed by atoms with Gasteiger partial charge in [-0.15, -0.1) is 0 Å². The van der Waals surface area contributed by atoms with Crippen LogP contribution in [0.2, 0.25) is 0 Å². The van der Waals surface area contributed by atoms with Crippen molar-refractivity contribution in [2.24, 2.45) is 16.8 Å². The van der Waals surface area contributed by atoms with Crippen LogP contribution in [0.3, 0.4) is 0 Å². The van der Waals surface area contributed by atoms with E-state index in [4.69, 9.17) is 14.5 Å². The molecule has 0 saturated heterocycles. The fraction of sp³-hybridized carbons (Fsp3) is 0.444. The number of esters is 1. The number of fused-ring (bicyclic) bond motifs is 1. The van der Waals surface area contributed by atoms with Crippen molar-refractivity contribution < 1.29 is 19.1 Å². The molecule has 2 aromatic carbocycles. The Morgan fingerprint density at radius 2 is 1.88 bits per heavy atom. The molecule has 0 bridgehead atoms. The molecule has 7 nitrogen and oxygen atoms in total. The number of benzene rings is 2. The summed E-state index contributed by atoms with van der Waals surface area (Å²) in [5.74, 6) is -0.150. The van der Waals surface area contributed by atoms with E-state index in [9.17, 15) is 9.59 Å². The summed E-state index contributed by atoms with van der Waals surface area (Å²) >= 11 is 0. The average Bonchev–Trinajstić information content (AvgIpc) is 2.83. The highest BCUT2D eigenvalue weighted by Gasteiger charge is 2.42. The van der Waals surface area contributed by atoms with Crippen LogP contribution in [0.1, 0.15) is 49.9 Å². The lowest BCUT2D eigenvalue weighted by atomic mass is 9.91. The third-order valence-corrected chi connectivity index (χ3v) is 6.25. The van der Waals surface area contributed by atoms with Crippen LogP contribution in [0, 0.1) is 11.8 Å². The highest BCUT2D eigenvalue weighted by molar-refractivity contribution is 6.08. The zero-order chi connectivity index (χ0) is 24.1. The van der Waals surface area contributed by atoms with Gasteiger partial charge in [0.25, 0.3) is 0 Å². The van der Waals surface area contributed by atoms with E-state index in [1.165, 1.54) is 11.1 Å². The van der Waals surface area contributed by atoms with E-state index in [2.05, 4.69) is 36.2 Å². The molecule has 34 heavy (non-hydrogen) atoms. The molecule has 180 valence electrons. The van der Waals surface area contributed by atoms with Gasteiger partial charge in [0, 0.05) is 13.1 Å². The van der Waals surface area contributed by atoms with E-state index >= 15 is 0 Å². The van der Waals surface area contributed by atoms with Crippen molar-refractivity contribution in [3.63, 3.8) is 0 Å². The van der Waals surface area contributed by atoms with E-state index < -0.39 is 17.9 Å². The number of nitrogens with zero attached hydrogens (tertiary/aromatic N) is 2. The topological polar surface area (TPSA) is 80.2 Å². The number of ether oxygens (including phenoxy) is 2. The highest BCUT2D eigenvalue weighted by atomic mass is 16.5. The lowest BCUT2D eigenvalue weighted by Crippen LogP contribution is -2.53. The van der Waals surface area contributed by atoms with E-state index in [0.29, 0.717) is 25.0 Å². The Hall–Kier alpha value is -3.35. The predicted molar refractivity (Wildman–Crippen MR) is 130 cm³/mol. The quantitative estimate of drug-likeness (QED) is 0.498. The van der Waals surface area contributed by atoms with Gasteiger partial charge in [0.2, 0.25) is 11.9 Å². The van der Waals surface area contributed by atoms with E-state index in [0.717, 1.165) is 30.7 Å². The number of aliphatic imine (C=N–C) groups is 1. The molecule has 0 aliphatic carbocycles. The predicted octanol–water partition coefficient (Wildman–Crippen LogP) is 3.88. The summed E-state index contributed by atoms with van der Waals surface area (Å²) in [5.41, 5.74) is 3.31. The van der Waals surface area contributed by atoms with Crippen molar-refractivity contribution in [2.45, 2.75) is 46.2 Å². The summed E-state index contributed by atoms with van der Waals surface area (Å²) in [7, 11) is 0. The maximum absolute atomic E-state index is 13.1. The molecule has 0 saturated carbocycles. The minimum Gasteiger partial charge on any atom is -0.494 e. The van der Waals surface area contributed by atoms with Gasteiger partial charge in [-0.25, -0.2) is 4.99 Å². The van der Waals surface area contributed by atoms with Crippen molar-refractivity contribution in [1.29, 1.82) is 0 Å². The van der Waals surface area contributed by atoms with Gasteiger partial charge in [0.1, 0.15) is 11.8 Å². The molecule has 2 aliphatic rings. The number of hydrogen-bond donors (Lipinski definition) is 1. The number of carbonyl (C=O) groups is 2. The summed E-state index contributed by atoms with van der Waals surface area (Å²) in [4.78, 5) is 32.8. The van der Waals surface area contributed by atoms with E-state index in [1.807, 2.05) is 36.4 Å². The average molecular weight is 464 g/mol. The third kappa shape index (κ3) is 5.41. The molecule has 0 aromatic heterocycles. The van der Waals surface area contributed by atoms with Crippen LogP contribution in [-0.4, -0.2) is 42.5 Å². The molecule has 1 N–H and O–H groups in total. The van der Waals surface area contributed by atoms with Gasteiger partial charge >= 0.3 is 5.97 Å². The van der Waals surface area contributed by atoms with Gasteiger partial charge in [-0.3, -0.25) is 14.9 Å². The number of guanidine groups is 1. The maximum Gasteiger partial charge on any atom is 0.321 e. The molecule has 0 unspecified atom stereocenters. The fourth-order valence-electron chi connectivity index (χ4n) is 4.32. The molecule has 4 rings (SSSR count). The van der Waals surface area contributed by atoms with Crippen molar-refractivity contribution in [2.75, 3.05) is 19.8 Å². The van der Waals surface area contributed by atoms with E-state index in [-0.39, 0.29) is 12.5 Å². The van der Waals surface area contributed by atoms with Gasteiger partial charge in [-0.05, 0) is 54.5 Å². The fourth-order valence-corrected chi connectivity index (χ4v) is 4.32. The van der Waals surface area contributed by atoms with Gasteiger partial charge in [0.15, 0.2) is 5.92 Å². The lowest BCUT2D eigenvalue weighted by Gasteiger charge is -2.36. The molecule has 7 heteroatoms. The summed E-state index contributed by atoms with van der Waals surface area (Å²) in [6.07, 6.45) is 1.85. The molecular formula is C27H33N3O4. The Kier molecular flexibility index (Phi) is 7.50. The van der Waals surface area contributed by atoms with Gasteiger partial charge in [-0.1, -0.05) is 50.2 Å². The molecule has 2 aliphatic heterocycles. The van der Waals surface area contributed by atoms with Crippen molar-refractivity contribution in [3.05, 3.63) is 65.2 Å². The first kappa shape index (κ1) is 23.8. The second-order valence-corrected chi connectivity index (χ2v) is 9.16. The van der Waals surface area contributed by atoms with Gasteiger partial charge < -0.3 is 14.4 Å². The molecule has 0 fully saturated rings. The van der Waals surface area contributed by atoms with Crippen LogP contribution < -0.4 is 10.1 Å². The van der Waals surface area contributed by atoms with Gasteiger partial charge in [0.05, 0.1) is 13.2 Å². The summed E-state index contributed by atoms with van der Waals surface area (Å²) < 4.78 is 11.1. The zero-order valence-corrected chi connectivity index (χ0v) is 20.1.